The highest BCUT2D eigenvalue weighted by Crippen LogP contribution is 2.42. The van der Waals surface area contributed by atoms with Crippen molar-refractivity contribution in [2.45, 2.75) is 0 Å². The molecule has 25 heavy (non-hydrogen) atoms. The predicted molar refractivity (Wildman–Crippen MR) is 93.6 cm³/mol. The van der Waals surface area contributed by atoms with E-state index in [1.807, 2.05) is 30.3 Å². The van der Waals surface area contributed by atoms with E-state index >= 15 is 0 Å². The highest BCUT2D eigenvalue weighted by atomic mass is 16.5. The van der Waals surface area contributed by atoms with Gasteiger partial charge in [0.25, 0.3) is 0 Å². The summed E-state index contributed by atoms with van der Waals surface area (Å²) in [5.74, 6) is 2.56. The minimum absolute atomic E-state index is 0.581. The smallest absolute Gasteiger partial charge is 0.164 e. The molecular weight excluding hydrogens is 322 g/mol. The van der Waals surface area contributed by atoms with Crippen molar-refractivity contribution in [1.82, 2.24) is 5.16 Å². The minimum atomic E-state index is 0.581. The molecule has 0 saturated carbocycles. The fourth-order valence-corrected chi connectivity index (χ4v) is 2.62. The second-order valence-corrected chi connectivity index (χ2v) is 5.21. The summed E-state index contributed by atoms with van der Waals surface area (Å²) < 4.78 is 26.7. The molecule has 130 valence electrons. The normalized spacial score (nSPS) is 10.4. The van der Waals surface area contributed by atoms with Crippen LogP contribution >= 0.6 is 0 Å². The van der Waals surface area contributed by atoms with E-state index in [9.17, 15) is 0 Å². The molecule has 0 aliphatic heterocycles. The van der Waals surface area contributed by atoms with Crippen LogP contribution in [0.3, 0.4) is 0 Å². The Morgan fingerprint density at radius 1 is 0.720 bits per heavy atom. The third-order valence-electron chi connectivity index (χ3n) is 3.93. The molecule has 1 aromatic heterocycles. The van der Waals surface area contributed by atoms with E-state index < -0.39 is 0 Å². The third-order valence-corrected chi connectivity index (χ3v) is 3.93. The SMILES string of the molecule is COc1ccc(-c2conc2-c2cc(OC)c(OC)cc2OC)cc1. The molecule has 0 N–H and O–H groups in total. The van der Waals surface area contributed by atoms with E-state index in [2.05, 4.69) is 5.16 Å². The Balaban J connectivity index is 2.13. The number of nitrogens with zero attached hydrogens (tertiary/aromatic N) is 1. The van der Waals surface area contributed by atoms with E-state index in [4.69, 9.17) is 23.5 Å². The molecular formula is C19H19NO5. The molecule has 6 heteroatoms. The van der Waals surface area contributed by atoms with Crippen molar-refractivity contribution < 1.29 is 23.5 Å². The Kier molecular flexibility index (Phi) is 4.79. The monoisotopic (exact) mass is 341 g/mol. The van der Waals surface area contributed by atoms with Gasteiger partial charge in [-0.1, -0.05) is 17.3 Å². The number of benzene rings is 2. The molecule has 2 aromatic carbocycles. The molecule has 0 fully saturated rings. The van der Waals surface area contributed by atoms with Gasteiger partial charge in [0.1, 0.15) is 23.5 Å². The summed E-state index contributed by atoms with van der Waals surface area (Å²) >= 11 is 0. The van der Waals surface area contributed by atoms with Gasteiger partial charge in [-0.15, -0.1) is 0 Å². The topological polar surface area (TPSA) is 63.0 Å². The first-order chi connectivity index (χ1) is 12.2. The molecule has 3 rings (SSSR count). The van der Waals surface area contributed by atoms with Crippen LogP contribution in [0.25, 0.3) is 22.4 Å². The zero-order chi connectivity index (χ0) is 17.8. The van der Waals surface area contributed by atoms with Crippen LogP contribution in [0.1, 0.15) is 0 Å². The maximum absolute atomic E-state index is 5.50. The van der Waals surface area contributed by atoms with E-state index in [-0.39, 0.29) is 0 Å². The van der Waals surface area contributed by atoms with Crippen molar-refractivity contribution in [1.29, 1.82) is 0 Å². The summed E-state index contributed by atoms with van der Waals surface area (Å²) in [6.45, 7) is 0. The van der Waals surface area contributed by atoms with Crippen LogP contribution in [0.15, 0.2) is 47.2 Å². The van der Waals surface area contributed by atoms with Crippen molar-refractivity contribution in [3.8, 4) is 45.4 Å². The fraction of sp³-hybridized carbons (Fsp3) is 0.211. The van der Waals surface area contributed by atoms with E-state index in [0.29, 0.717) is 22.9 Å². The highest BCUT2D eigenvalue weighted by Gasteiger charge is 2.20. The van der Waals surface area contributed by atoms with Crippen LogP contribution in [0.4, 0.5) is 0 Å². The molecule has 0 spiro atoms. The molecule has 1 heterocycles. The van der Waals surface area contributed by atoms with Crippen molar-refractivity contribution >= 4 is 0 Å². The zero-order valence-electron chi connectivity index (χ0n) is 14.5. The Bertz CT molecular complexity index is 855. The lowest BCUT2D eigenvalue weighted by Crippen LogP contribution is -1.95. The van der Waals surface area contributed by atoms with Gasteiger partial charge in [0.15, 0.2) is 11.5 Å². The minimum Gasteiger partial charge on any atom is -0.497 e. The summed E-state index contributed by atoms with van der Waals surface area (Å²) in [6, 6.07) is 11.3. The fourth-order valence-electron chi connectivity index (χ4n) is 2.62. The summed E-state index contributed by atoms with van der Waals surface area (Å²) in [5.41, 5.74) is 3.20. The highest BCUT2D eigenvalue weighted by molar-refractivity contribution is 5.84. The number of hydrogen-bond donors (Lipinski definition) is 0. The maximum Gasteiger partial charge on any atom is 0.164 e. The Hall–Kier alpha value is -3.15. The first-order valence-electron chi connectivity index (χ1n) is 7.61. The van der Waals surface area contributed by atoms with Gasteiger partial charge in [-0.3, -0.25) is 0 Å². The van der Waals surface area contributed by atoms with Gasteiger partial charge < -0.3 is 23.5 Å². The predicted octanol–water partition coefficient (Wildman–Crippen LogP) is 4.04. The Morgan fingerprint density at radius 3 is 1.96 bits per heavy atom. The average Bonchev–Trinajstić information content (AvgIpc) is 3.16. The molecule has 0 radical (unpaired) electrons. The summed E-state index contributed by atoms with van der Waals surface area (Å²) in [4.78, 5) is 0. The summed E-state index contributed by atoms with van der Waals surface area (Å²) in [5, 5.41) is 4.16. The third kappa shape index (κ3) is 3.10. The van der Waals surface area contributed by atoms with Crippen LogP contribution in [-0.2, 0) is 0 Å². The van der Waals surface area contributed by atoms with Gasteiger partial charge in [-0.2, -0.15) is 0 Å². The lowest BCUT2D eigenvalue weighted by Gasteiger charge is -2.13. The molecule has 0 unspecified atom stereocenters. The number of rotatable bonds is 6. The second-order valence-electron chi connectivity index (χ2n) is 5.21. The summed E-state index contributed by atoms with van der Waals surface area (Å²) in [7, 11) is 6.39. The molecule has 0 amide bonds. The van der Waals surface area contributed by atoms with Crippen LogP contribution in [-0.4, -0.2) is 33.6 Å². The molecule has 6 nitrogen and oxygen atoms in total. The molecule has 0 atom stereocenters. The second kappa shape index (κ2) is 7.17. The van der Waals surface area contributed by atoms with Crippen molar-refractivity contribution in [3.05, 3.63) is 42.7 Å². The molecule has 3 aromatic rings. The average molecular weight is 341 g/mol. The van der Waals surface area contributed by atoms with Crippen LogP contribution in [0.2, 0.25) is 0 Å². The van der Waals surface area contributed by atoms with Crippen LogP contribution in [0.5, 0.6) is 23.0 Å². The Labute approximate surface area is 145 Å². The van der Waals surface area contributed by atoms with Crippen LogP contribution in [0, 0.1) is 0 Å². The van der Waals surface area contributed by atoms with Crippen molar-refractivity contribution in [2.75, 3.05) is 28.4 Å². The number of aromatic nitrogens is 1. The molecule has 0 aliphatic rings. The Morgan fingerprint density at radius 2 is 1.36 bits per heavy atom. The van der Waals surface area contributed by atoms with Gasteiger partial charge in [0.05, 0.1) is 34.0 Å². The largest absolute Gasteiger partial charge is 0.497 e. The quantitative estimate of drug-likeness (QED) is 0.674. The lowest BCUT2D eigenvalue weighted by atomic mass is 10.0. The van der Waals surface area contributed by atoms with E-state index in [1.54, 1.807) is 40.8 Å². The maximum atomic E-state index is 5.50. The van der Waals surface area contributed by atoms with Crippen molar-refractivity contribution in [3.63, 3.8) is 0 Å². The van der Waals surface area contributed by atoms with Gasteiger partial charge in [0, 0.05) is 11.6 Å². The molecule has 0 saturated heterocycles. The first kappa shape index (κ1) is 16.7. The first-order valence-corrected chi connectivity index (χ1v) is 7.61. The standard InChI is InChI=1S/C19H19NO5/c1-21-13-7-5-12(6-8-13)15-11-25-20-19(15)14-9-17(23-3)18(24-4)10-16(14)22-2/h5-11H,1-4H3. The number of methoxy groups -OCH3 is 4. The van der Waals surface area contributed by atoms with Gasteiger partial charge in [-0.25, -0.2) is 0 Å². The van der Waals surface area contributed by atoms with E-state index in [1.165, 1.54) is 0 Å². The van der Waals surface area contributed by atoms with Crippen LogP contribution < -0.4 is 18.9 Å². The summed E-state index contributed by atoms with van der Waals surface area (Å²) in [6.07, 6.45) is 1.60. The lowest BCUT2D eigenvalue weighted by molar-refractivity contribution is 0.349. The number of ether oxygens (including phenoxy) is 4. The van der Waals surface area contributed by atoms with Crippen molar-refractivity contribution in [2.24, 2.45) is 0 Å². The van der Waals surface area contributed by atoms with Gasteiger partial charge in [-0.05, 0) is 23.8 Å². The molecule has 0 bridgehead atoms. The van der Waals surface area contributed by atoms with Gasteiger partial charge >= 0.3 is 0 Å². The zero-order valence-corrected chi connectivity index (χ0v) is 14.5. The van der Waals surface area contributed by atoms with Gasteiger partial charge in [0.2, 0.25) is 0 Å². The molecule has 0 aliphatic carbocycles. The van der Waals surface area contributed by atoms with E-state index in [0.717, 1.165) is 22.4 Å². The number of hydrogen-bond acceptors (Lipinski definition) is 6.